The lowest BCUT2D eigenvalue weighted by atomic mass is 10.0. The third kappa shape index (κ3) is 8.95. The van der Waals surface area contributed by atoms with Crippen LogP contribution in [0.3, 0.4) is 0 Å². The van der Waals surface area contributed by atoms with Gasteiger partial charge in [-0.2, -0.15) is 5.21 Å². The number of carbonyl (C=O) groups is 3. The van der Waals surface area contributed by atoms with Gasteiger partial charge in [0, 0.05) is 56.8 Å². The molecule has 0 bridgehead atoms. The number of amides is 3. The van der Waals surface area contributed by atoms with Crippen molar-refractivity contribution in [2.24, 2.45) is 0 Å². The van der Waals surface area contributed by atoms with Crippen molar-refractivity contribution < 1.29 is 28.2 Å². The quantitative estimate of drug-likeness (QED) is 0.196. The number of halogens is 1. The van der Waals surface area contributed by atoms with Gasteiger partial charge in [0.15, 0.2) is 5.82 Å². The number of anilines is 1. The Bertz CT molecular complexity index is 2010. The van der Waals surface area contributed by atoms with E-state index in [-0.39, 0.29) is 41.5 Å². The van der Waals surface area contributed by atoms with Gasteiger partial charge in [-0.15, -0.1) is 20.4 Å². The predicted molar refractivity (Wildman–Crippen MR) is 195 cm³/mol. The minimum atomic E-state index is -0.713. The lowest BCUT2D eigenvalue weighted by molar-refractivity contribution is -0.130. The maximum absolute atomic E-state index is 14.4. The molecule has 0 unspecified atom stereocenters. The van der Waals surface area contributed by atoms with Gasteiger partial charge in [-0.05, 0) is 94.2 Å². The second-order valence-electron chi connectivity index (χ2n) is 14.5. The Morgan fingerprint density at radius 3 is 2.46 bits per heavy atom. The molecule has 3 amide bonds. The molecule has 0 saturated heterocycles. The van der Waals surface area contributed by atoms with Gasteiger partial charge in [-0.25, -0.2) is 14.2 Å². The van der Waals surface area contributed by atoms with Crippen molar-refractivity contribution in [3.63, 3.8) is 0 Å². The molecule has 2 N–H and O–H groups in total. The van der Waals surface area contributed by atoms with Gasteiger partial charge in [-0.3, -0.25) is 9.59 Å². The molecule has 16 nitrogen and oxygen atoms in total. The summed E-state index contributed by atoms with van der Waals surface area (Å²) in [5.74, 6) is -0.00310. The summed E-state index contributed by atoms with van der Waals surface area (Å²) in [6.45, 7) is 13.1. The van der Waals surface area contributed by atoms with E-state index in [2.05, 4.69) is 41.1 Å². The number of tetrazole rings is 1. The Morgan fingerprint density at radius 1 is 1.04 bits per heavy atom. The normalized spacial score (nSPS) is 14.7. The number of hydrogen-bond donors (Lipinski definition) is 2. The van der Waals surface area contributed by atoms with Crippen molar-refractivity contribution in [3.05, 3.63) is 76.9 Å². The van der Waals surface area contributed by atoms with Crippen LogP contribution in [-0.4, -0.2) is 114 Å². The van der Waals surface area contributed by atoms with Gasteiger partial charge < -0.3 is 29.5 Å². The summed E-state index contributed by atoms with van der Waals surface area (Å²) in [7, 11) is 0. The molecule has 2 aliphatic heterocycles. The molecule has 0 spiro atoms. The van der Waals surface area contributed by atoms with E-state index in [0.29, 0.717) is 50.8 Å². The smallest absolute Gasteiger partial charge is 0.407 e. The van der Waals surface area contributed by atoms with Crippen molar-refractivity contribution >= 4 is 23.7 Å². The number of nitrogens with zero attached hydrogens (tertiary/aromatic N) is 9. The molecule has 17 heteroatoms. The molecule has 2 aromatic carbocycles. The van der Waals surface area contributed by atoms with Crippen LogP contribution in [0.25, 0.3) is 11.4 Å². The van der Waals surface area contributed by atoms with Gasteiger partial charge in [-0.1, -0.05) is 18.2 Å². The van der Waals surface area contributed by atoms with Crippen molar-refractivity contribution in [3.8, 4) is 23.0 Å². The highest BCUT2D eigenvalue weighted by molar-refractivity contribution is 5.97. The molecule has 6 rings (SSSR count). The minimum Gasteiger partial charge on any atom is -0.444 e. The van der Waals surface area contributed by atoms with Crippen LogP contribution in [0.5, 0.6) is 11.6 Å². The molecule has 0 saturated carbocycles. The van der Waals surface area contributed by atoms with Crippen LogP contribution in [0, 0.1) is 5.82 Å². The van der Waals surface area contributed by atoms with E-state index in [4.69, 9.17) is 9.47 Å². The second kappa shape index (κ2) is 15.9. The highest BCUT2D eigenvalue weighted by Gasteiger charge is 2.35. The van der Waals surface area contributed by atoms with Crippen molar-refractivity contribution in [2.45, 2.75) is 72.1 Å². The summed E-state index contributed by atoms with van der Waals surface area (Å²) >= 11 is 0. The Balaban J connectivity index is 1.12. The van der Waals surface area contributed by atoms with E-state index in [1.807, 2.05) is 49.9 Å². The lowest BCUT2D eigenvalue weighted by Crippen LogP contribution is -2.44. The zero-order valence-corrected chi connectivity index (χ0v) is 31.2. The van der Waals surface area contributed by atoms with Crippen molar-refractivity contribution in [2.75, 3.05) is 37.6 Å². The fourth-order valence-corrected chi connectivity index (χ4v) is 6.60. The Morgan fingerprint density at radius 2 is 1.80 bits per heavy atom. The van der Waals surface area contributed by atoms with Crippen LogP contribution in [0.4, 0.5) is 15.0 Å². The number of nitrogens with one attached hydrogen (secondary N) is 2. The fourth-order valence-electron chi connectivity index (χ4n) is 6.60. The number of benzene rings is 2. The summed E-state index contributed by atoms with van der Waals surface area (Å²) in [4.78, 5) is 49.9. The predicted octanol–water partition coefficient (Wildman–Crippen LogP) is 4.34. The third-order valence-electron chi connectivity index (χ3n) is 9.01. The van der Waals surface area contributed by atoms with Gasteiger partial charge >= 0.3 is 6.09 Å². The molecule has 284 valence electrons. The Labute approximate surface area is 312 Å². The van der Waals surface area contributed by atoms with Gasteiger partial charge in [0.25, 0.3) is 11.8 Å². The molecule has 54 heavy (non-hydrogen) atoms. The highest BCUT2D eigenvalue weighted by Crippen LogP contribution is 2.35. The maximum Gasteiger partial charge on any atom is 0.407 e. The first-order valence-corrected chi connectivity index (χ1v) is 17.8. The SMILES string of the molecule is CCN(C(=O)c1cc(F)ccc1Oc1nncnc1N1CC2=C(CN(C(=O)C[C@@H](Cc3cccc(-c4nn[nH]n4)c3)NC(=O)OC(C)(C)C)C2)C1)C(C)C. The van der Waals surface area contributed by atoms with Crippen molar-refractivity contribution in [1.29, 1.82) is 0 Å². The number of aromatic amines is 1. The molecule has 0 radical (unpaired) electrons. The van der Waals surface area contributed by atoms with Crippen LogP contribution in [0.1, 0.15) is 63.9 Å². The average Bonchev–Trinajstić information content (AvgIpc) is 3.87. The van der Waals surface area contributed by atoms with Crippen LogP contribution in [0.15, 0.2) is 59.9 Å². The van der Waals surface area contributed by atoms with E-state index < -0.39 is 23.6 Å². The molecular formula is C37H44FN11O5. The van der Waals surface area contributed by atoms with E-state index >= 15 is 0 Å². The van der Waals surface area contributed by atoms with E-state index in [1.165, 1.54) is 18.5 Å². The number of alkyl carbamates (subject to hydrolysis) is 1. The summed E-state index contributed by atoms with van der Waals surface area (Å²) in [6, 6.07) is 10.7. The summed E-state index contributed by atoms with van der Waals surface area (Å²) in [6.07, 6.45) is 1.12. The average molecular weight is 742 g/mol. The number of carbonyl (C=O) groups excluding carboxylic acids is 3. The van der Waals surface area contributed by atoms with Crippen LogP contribution >= 0.6 is 0 Å². The first-order valence-electron chi connectivity index (χ1n) is 17.8. The molecule has 2 aromatic heterocycles. The molecule has 2 aliphatic rings. The minimum absolute atomic E-state index is 0.0504. The molecular weight excluding hydrogens is 697 g/mol. The standard InChI is InChI=1S/C37H44FN11O5/c1-7-49(22(2)3)35(51)29-15-27(38)11-12-30(29)53-34-33(39-21-40-44-34)48-19-25-17-47(18-26(25)20-48)31(50)16-28(41-36(52)54-37(4,5)6)14-23-9-8-10-24(13-23)32-42-45-46-43-32/h8-13,15,21-22,28H,7,14,16-20H2,1-6H3,(H,41,52)(H,42,43,45,46)/t28-/m1/s1. The lowest BCUT2D eigenvalue weighted by Gasteiger charge is -2.27. The first kappa shape index (κ1) is 37.7. The van der Waals surface area contributed by atoms with E-state index in [1.54, 1.807) is 30.6 Å². The second-order valence-corrected chi connectivity index (χ2v) is 14.5. The van der Waals surface area contributed by atoms with E-state index in [0.717, 1.165) is 28.3 Å². The van der Waals surface area contributed by atoms with Gasteiger partial charge in [0.2, 0.25) is 11.7 Å². The first-order chi connectivity index (χ1) is 25.8. The molecule has 4 heterocycles. The highest BCUT2D eigenvalue weighted by atomic mass is 19.1. The summed E-state index contributed by atoms with van der Waals surface area (Å²) < 4.78 is 26.0. The van der Waals surface area contributed by atoms with Gasteiger partial charge in [0.05, 0.1) is 5.56 Å². The summed E-state index contributed by atoms with van der Waals surface area (Å²) in [5, 5.41) is 25.2. The number of rotatable bonds is 12. The van der Waals surface area contributed by atoms with Crippen LogP contribution in [-0.2, 0) is 16.0 Å². The fraction of sp³-hybridized carbons (Fsp3) is 0.432. The molecule has 4 aromatic rings. The van der Waals surface area contributed by atoms with Crippen LogP contribution < -0.4 is 15.0 Å². The third-order valence-corrected chi connectivity index (χ3v) is 9.01. The summed E-state index contributed by atoms with van der Waals surface area (Å²) in [5.41, 5.74) is 3.10. The molecule has 0 aliphatic carbocycles. The Hall–Kier alpha value is -6.00. The molecule has 0 fully saturated rings. The van der Waals surface area contributed by atoms with E-state index in [9.17, 15) is 18.8 Å². The zero-order valence-electron chi connectivity index (χ0n) is 31.2. The Kier molecular flexibility index (Phi) is 11.1. The monoisotopic (exact) mass is 741 g/mol. The largest absolute Gasteiger partial charge is 0.444 e. The number of aromatic nitrogens is 7. The number of ether oxygens (including phenoxy) is 2. The molecule has 1 atom stereocenters. The zero-order chi connectivity index (χ0) is 38.6. The maximum atomic E-state index is 14.4. The van der Waals surface area contributed by atoms with Crippen molar-refractivity contribution in [1.82, 2.24) is 50.9 Å². The number of hydrogen-bond acceptors (Lipinski definition) is 12. The topological polar surface area (TPSA) is 185 Å². The van der Waals surface area contributed by atoms with Crippen LogP contribution in [0.2, 0.25) is 0 Å². The van der Waals surface area contributed by atoms with Gasteiger partial charge in [0.1, 0.15) is 23.5 Å². The number of H-pyrrole nitrogens is 1.